The molecule has 0 saturated carbocycles. The van der Waals surface area contributed by atoms with Crippen LogP contribution < -0.4 is 5.32 Å². The first-order valence-corrected chi connectivity index (χ1v) is 6.64. The predicted molar refractivity (Wildman–Crippen MR) is 77.0 cm³/mol. The summed E-state index contributed by atoms with van der Waals surface area (Å²) in [5, 5.41) is 2.01. The van der Waals surface area contributed by atoms with Crippen LogP contribution in [0.5, 0.6) is 0 Å². The van der Waals surface area contributed by atoms with Gasteiger partial charge in [0.05, 0.1) is 6.61 Å². The Morgan fingerprint density at radius 3 is 2.36 bits per heavy atom. The van der Waals surface area contributed by atoms with E-state index in [4.69, 9.17) is 11.2 Å². The maximum Gasteiger partial charge on any atom is 0.339 e. The Morgan fingerprint density at radius 1 is 1.32 bits per heavy atom. The summed E-state index contributed by atoms with van der Waals surface area (Å²) in [7, 11) is 0. The molecule has 0 bridgehead atoms. The highest BCUT2D eigenvalue weighted by molar-refractivity contribution is 5.89. The van der Waals surface area contributed by atoms with E-state index in [-0.39, 0.29) is 6.61 Å². The Kier molecular flexibility index (Phi) is 5.63. The number of benzene rings is 1. The average molecular weight is 309 g/mol. The quantitative estimate of drug-likeness (QED) is 0.648. The van der Waals surface area contributed by atoms with Crippen molar-refractivity contribution in [2.75, 3.05) is 6.61 Å². The van der Waals surface area contributed by atoms with Gasteiger partial charge in [-0.3, -0.25) is 4.79 Å². The molecule has 0 saturated heterocycles. The molecule has 118 valence electrons. The molecular weight excluding hydrogens is 292 g/mol. The van der Waals surface area contributed by atoms with Gasteiger partial charge in [-0.2, -0.15) is 8.78 Å². The number of hydrogen-bond donors (Lipinski definition) is 1. The molecule has 22 heavy (non-hydrogen) atoms. The first-order chi connectivity index (χ1) is 10.3. The van der Waals surface area contributed by atoms with Gasteiger partial charge in [0.15, 0.2) is 0 Å². The molecule has 1 N–H and O–H groups in total. The zero-order chi connectivity index (χ0) is 16.8. The van der Waals surface area contributed by atoms with Crippen molar-refractivity contribution < 1.29 is 23.1 Å². The van der Waals surface area contributed by atoms with E-state index in [1.807, 2.05) is 11.2 Å². The number of carbonyl (C=O) groups excluding carboxylic acids is 2. The molecule has 0 aliphatic rings. The van der Waals surface area contributed by atoms with E-state index >= 15 is 0 Å². The fourth-order valence-electron chi connectivity index (χ4n) is 2.09. The van der Waals surface area contributed by atoms with Crippen molar-refractivity contribution in [2.45, 2.75) is 31.7 Å². The summed E-state index contributed by atoms with van der Waals surface area (Å²) in [5.41, 5.74) is -3.09. The second-order valence-electron chi connectivity index (χ2n) is 4.63. The Hall–Kier alpha value is -2.42. The normalized spacial score (nSPS) is 13.6. The zero-order valence-corrected chi connectivity index (χ0v) is 12.4. The van der Waals surface area contributed by atoms with Crippen molar-refractivity contribution >= 4 is 11.9 Å². The van der Waals surface area contributed by atoms with Gasteiger partial charge in [0.2, 0.25) is 11.4 Å². The highest BCUT2D eigenvalue weighted by Gasteiger charge is 2.61. The number of halogens is 2. The van der Waals surface area contributed by atoms with Crippen molar-refractivity contribution in [1.82, 2.24) is 5.32 Å². The molecular formula is C16H17F2NO3. The number of esters is 1. The number of terminal acetylenes is 1. The first kappa shape index (κ1) is 17.6. The molecule has 1 atom stereocenters. The van der Waals surface area contributed by atoms with Crippen LogP contribution in [0.15, 0.2) is 30.3 Å². The summed E-state index contributed by atoms with van der Waals surface area (Å²) in [5.74, 6) is -3.78. The van der Waals surface area contributed by atoms with E-state index in [0.29, 0.717) is 0 Å². The highest BCUT2D eigenvalue weighted by atomic mass is 19.3. The van der Waals surface area contributed by atoms with Crippen molar-refractivity contribution in [3.63, 3.8) is 0 Å². The topological polar surface area (TPSA) is 55.4 Å². The zero-order valence-electron chi connectivity index (χ0n) is 12.4. The fraction of sp³-hybridized carbons (Fsp3) is 0.375. The van der Waals surface area contributed by atoms with Gasteiger partial charge >= 0.3 is 11.9 Å². The maximum absolute atomic E-state index is 15.0. The van der Waals surface area contributed by atoms with Gasteiger partial charge in [-0.25, -0.2) is 4.79 Å². The Balaban J connectivity index is 3.49. The molecule has 0 fully saturated rings. The van der Waals surface area contributed by atoms with Crippen LogP contribution in [0.3, 0.4) is 0 Å². The standard InChI is InChI=1S/C16H17F2NO3/c1-4-11-15(19-12(3)20,14(21)22-5-2)16(17,18)13-9-7-6-8-10-13/h1,6-10H,5,11H2,2-3H3,(H,19,20). The number of ether oxygens (including phenoxy) is 1. The van der Waals surface area contributed by atoms with Gasteiger partial charge < -0.3 is 10.1 Å². The molecule has 1 amide bonds. The van der Waals surface area contributed by atoms with Gasteiger partial charge in [-0.15, -0.1) is 12.3 Å². The lowest BCUT2D eigenvalue weighted by atomic mass is 9.83. The summed E-state index contributed by atoms with van der Waals surface area (Å²) in [6.07, 6.45) is 4.46. The molecule has 1 rings (SSSR count). The molecule has 1 aromatic carbocycles. The van der Waals surface area contributed by atoms with Gasteiger partial charge in [-0.1, -0.05) is 30.3 Å². The van der Waals surface area contributed by atoms with E-state index in [1.165, 1.54) is 19.1 Å². The van der Waals surface area contributed by atoms with Crippen molar-refractivity contribution in [2.24, 2.45) is 0 Å². The number of amides is 1. The van der Waals surface area contributed by atoms with Crippen LogP contribution in [-0.2, 0) is 20.2 Å². The van der Waals surface area contributed by atoms with Crippen molar-refractivity contribution in [3.05, 3.63) is 35.9 Å². The summed E-state index contributed by atoms with van der Waals surface area (Å²) in [6, 6.07) is 6.69. The third kappa shape index (κ3) is 3.25. The maximum atomic E-state index is 15.0. The van der Waals surface area contributed by atoms with Gasteiger partial charge in [0.25, 0.3) is 0 Å². The molecule has 0 aliphatic heterocycles. The molecule has 0 heterocycles. The lowest BCUT2D eigenvalue weighted by molar-refractivity contribution is -0.176. The largest absolute Gasteiger partial charge is 0.464 e. The Bertz CT molecular complexity index is 581. The minimum atomic E-state index is -3.74. The summed E-state index contributed by atoms with van der Waals surface area (Å²) >= 11 is 0. The van der Waals surface area contributed by atoms with Crippen LogP contribution in [0.4, 0.5) is 8.78 Å². The fourth-order valence-corrected chi connectivity index (χ4v) is 2.09. The summed E-state index contributed by atoms with van der Waals surface area (Å²) < 4.78 is 34.7. The van der Waals surface area contributed by atoms with Crippen LogP contribution in [-0.4, -0.2) is 24.0 Å². The minimum Gasteiger partial charge on any atom is -0.464 e. The molecule has 1 unspecified atom stereocenters. The SMILES string of the molecule is C#CCC(NC(C)=O)(C(=O)OCC)C(F)(F)c1ccccc1. The summed E-state index contributed by atoms with van der Waals surface area (Å²) in [4.78, 5) is 23.6. The highest BCUT2D eigenvalue weighted by Crippen LogP contribution is 2.41. The van der Waals surface area contributed by atoms with Gasteiger partial charge in [0, 0.05) is 18.9 Å². The number of nitrogens with one attached hydrogen (secondary N) is 1. The average Bonchev–Trinajstić information content (AvgIpc) is 2.47. The minimum absolute atomic E-state index is 0.115. The molecule has 0 aromatic heterocycles. The Morgan fingerprint density at radius 2 is 1.91 bits per heavy atom. The van der Waals surface area contributed by atoms with Crippen LogP contribution in [0.2, 0.25) is 0 Å². The van der Waals surface area contributed by atoms with Crippen LogP contribution in [0.1, 0.15) is 25.8 Å². The van der Waals surface area contributed by atoms with Crippen LogP contribution in [0, 0.1) is 12.3 Å². The molecule has 0 aliphatic carbocycles. The molecule has 0 spiro atoms. The van der Waals surface area contributed by atoms with Crippen molar-refractivity contribution in [1.29, 1.82) is 0 Å². The monoisotopic (exact) mass is 309 g/mol. The van der Waals surface area contributed by atoms with Crippen LogP contribution >= 0.6 is 0 Å². The third-order valence-electron chi connectivity index (χ3n) is 3.05. The van der Waals surface area contributed by atoms with Crippen molar-refractivity contribution in [3.8, 4) is 12.3 Å². The smallest absolute Gasteiger partial charge is 0.339 e. The molecule has 1 aromatic rings. The van der Waals surface area contributed by atoms with E-state index in [0.717, 1.165) is 19.1 Å². The van der Waals surface area contributed by atoms with Crippen LogP contribution in [0.25, 0.3) is 0 Å². The lowest BCUT2D eigenvalue weighted by Gasteiger charge is -2.37. The van der Waals surface area contributed by atoms with E-state index in [2.05, 4.69) is 0 Å². The van der Waals surface area contributed by atoms with E-state index in [9.17, 15) is 18.4 Å². The second-order valence-corrected chi connectivity index (χ2v) is 4.63. The van der Waals surface area contributed by atoms with E-state index in [1.54, 1.807) is 6.07 Å². The number of hydrogen-bond acceptors (Lipinski definition) is 3. The van der Waals surface area contributed by atoms with Gasteiger partial charge in [0.1, 0.15) is 0 Å². The molecule has 0 radical (unpaired) electrons. The first-order valence-electron chi connectivity index (χ1n) is 6.64. The molecule has 6 heteroatoms. The van der Waals surface area contributed by atoms with E-state index < -0.39 is 35.3 Å². The lowest BCUT2D eigenvalue weighted by Crippen LogP contribution is -2.64. The van der Waals surface area contributed by atoms with Gasteiger partial charge in [-0.05, 0) is 6.92 Å². The number of rotatable bonds is 6. The summed E-state index contributed by atoms with van der Waals surface area (Å²) in [6.45, 7) is 2.40. The second kappa shape index (κ2) is 7.03. The predicted octanol–water partition coefficient (Wildman–Crippen LogP) is 2.24. The Labute approximate surface area is 127 Å². The molecule has 4 nitrogen and oxygen atoms in total. The third-order valence-corrected chi connectivity index (χ3v) is 3.05. The number of carbonyl (C=O) groups is 2. The number of alkyl halides is 2.